The Morgan fingerprint density at radius 3 is 2.19 bits per heavy atom. The molecule has 0 bridgehead atoms. The number of amides is 2. The van der Waals surface area contributed by atoms with Crippen molar-refractivity contribution < 1.29 is 33.5 Å². The summed E-state index contributed by atoms with van der Waals surface area (Å²) in [6.45, 7) is 3.54. The summed E-state index contributed by atoms with van der Waals surface area (Å²) in [6.07, 6.45) is -1.80. The molecule has 0 saturated carbocycles. The number of aryl methyl sites for hydroxylation is 1. The van der Waals surface area contributed by atoms with E-state index in [4.69, 9.17) is 25.6 Å². The number of carbonyl (C=O) groups excluding carboxylic acids is 2. The number of nitrogens with zero attached hydrogens (tertiary/aromatic N) is 2. The first-order chi connectivity index (χ1) is 20.1. The van der Waals surface area contributed by atoms with Crippen molar-refractivity contribution in [2.24, 2.45) is 0 Å². The van der Waals surface area contributed by atoms with Gasteiger partial charge in [-0.15, -0.1) is 0 Å². The summed E-state index contributed by atoms with van der Waals surface area (Å²) in [6, 6.07) is 21.8. The van der Waals surface area contributed by atoms with Crippen LogP contribution in [0, 0.1) is 6.92 Å². The molecule has 1 fully saturated rings. The maximum Gasteiger partial charge on any atom is 0.412 e. The number of aromatic nitrogens is 1. The minimum absolute atomic E-state index is 0.0441. The van der Waals surface area contributed by atoms with Crippen molar-refractivity contribution in [3.8, 4) is 22.5 Å². The molecule has 0 radical (unpaired) electrons. The Kier molecular flexibility index (Phi) is 7.91. The summed E-state index contributed by atoms with van der Waals surface area (Å²) in [4.78, 5) is 37.9. The highest BCUT2D eigenvalue weighted by Crippen LogP contribution is 2.37. The molecule has 0 aliphatic carbocycles. The van der Waals surface area contributed by atoms with Gasteiger partial charge in [-0.05, 0) is 36.6 Å². The number of likely N-dealkylation sites (tertiary alicyclic amines) is 1. The maximum atomic E-state index is 12.7. The summed E-state index contributed by atoms with van der Waals surface area (Å²) < 4.78 is 15.8. The van der Waals surface area contributed by atoms with Crippen LogP contribution in [0.4, 0.5) is 15.3 Å². The fourth-order valence-electron chi connectivity index (χ4n) is 4.97. The van der Waals surface area contributed by atoms with Crippen LogP contribution >= 0.6 is 11.6 Å². The molecule has 11 heteroatoms. The van der Waals surface area contributed by atoms with E-state index in [1.54, 1.807) is 44.2 Å². The molecule has 1 aromatic heterocycles. The van der Waals surface area contributed by atoms with E-state index in [1.807, 2.05) is 42.5 Å². The molecule has 1 aliphatic heterocycles. The van der Waals surface area contributed by atoms with Crippen molar-refractivity contribution in [2.75, 3.05) is 25.5 Å². The molecule has 2 heterocycles. The number of halogens is 1. The number of nitrogens with one attached hydrogen (secondary N) is 1. The summed E-state index contributed by atoms with van der Waals surface area (Å²) in [5, 5.41) is 17.1. The lowest BCUT2D eigenvalue weighted by Crippen LogP contribution is -2.65. The number of methoxy groups -OCH3 is 1. The molecule has 0 spiro atoms. The molecule has 1 saturated heterocycles. The number of ether oxygens (including phenoxy) is 2. The van der Waals surface area contributed by atoms with Gasteiger partial charge in [0.25, 0.3) is 0 Å². The van der Waals surface area contributed by atoms with Crippen molar-refractivity contribution in [1.29, 1.82) is 0 Å². The monoisotopic (exact) mass is 589 g/mol. The van der Waals surface area contributed by atoms with E-state index in [2.05, 4.69) is 10.5 Å². The van der Waals surface area contributed by atoms with Crippen molar-refractivity contribution in [3.63, 3.8) is 0 Å². The molecule has 10 nitrogen and oxygen atoms in total. The number of hydrogen-bond acceptors (Lipinski definition) is 7. The molecule has 2 N–H and O–H groups in total. The Hall–Kier alpha value is -4.83. The summed E-state index contributed by atoms with van der Waals surface area (Å²) in [7, 11) is 1.27. The molecule has 1 aliphatic rings. The number of carboxylic acids is 1. The first-order valence-electron chi connectivity index (χ1n) is 13.1. The molecular formula is C31H28ClN3O7. The molecule has 4 aromatic rings. The van der Waals surface area contributed by atoms with E-state index in [1.165, 1.54) is 12.0 Å². The Morgan fingerprint density at radius 2 is 1.60 bits per heavy atom. The number of aliphatic carboxylic acids is 1. The highest BCUT2D eigenvalue weighted by atomic mass is 35.5. The average Bonchev–Trinajstić information content (AvgIpc) is 3.32. The maximum absolute atomic E-state index is 12.7. The van der Waals surface area contributed by atoms with Crippen LogP contribution in [0.2, 0.25) is 5.02 Å². The average molecular weight is 590 g/mol. The van der Waals surface area contributed by atoms with Crippen LogP contribution in [0.25, 0.3) is 22.5 Å². The predicted octanol–water partition coefficient (Wildman–Crippen LogP) is 6.68. The smallest absolute Gasteiger partial charge is 0.412 e. The van der Waals surface area contributed by atoms with E-state index in [9.17, 15) is 19.5 Å². The third-order valence-electron chi connectivity index (χ3n) is 7.40. The van der Waals surface area contributed by atoms with Gasteiger partial charge < -0.3 is 24.0 Å². The number of hydrogen-bond donors (Lipinski definition) is 2. The molecular weight excluding hydrogens is 562 g/mol. The summed E-state index contributed by atoms with van der Waals surface area (Å²) in [5.41, 5.74) is 3.46. The minimum Gasteiger partial charge on any atom is -0.480 e. The predicted molar refractivity (Wildman–Crippen MR) is 155 cm³/mol. The lowest BCUT2D eigenvalue weighted by molar-refractivity contribution is -0.150. The minimum atomic E-state index is -1.17. The van der Waals surface area contributed by atoms with Crippen LogP contribution in [0.1, 0.15) is 29.8 Å². The van der Waals surface area contributed by atoms with E-state index >= 15 is 0 Å². The Bertz CT molecular complexity index is 1630. The Labute approximate surface area is 246 Å². The number of benzene rings is 3. The van der Waals surface area contributed by atoms with Gasteiger partial charge in [0.2, 0.25) is 0 Å². The van der Waals surface area contributed by atoms with Crippen LogP contribution in [-0.4, -0.2) is 53.5 Å². The summed E-state index contributed by atoms with van der Waals surface area (Å²) in [5.74, 6) is -0.617. The lowest BCUT2D eigenvalue weighted by atomic mass is 9.73. The standard InChI is InChI=1S/C31H28ClN3O7/c1-18-26(33-29(38)41-19(2)24-6-4-5-7-25(24)32)27(42-34-18)22-10-8-20(9-11-22)21-12-14-23(15-13-21)31(28(36)37)16-35(17-31)30(39)40-3/h4-15,19H,16-17H2,1-3H3,(H,33,38)(H,36,37)/t19-/m1/s1. The molecule has 1 atom stereocenters. The lowest BCUT2D eigenvalue weighted by Gasteiger charge is -2.46. The highest BCUT2D eigenvalue weighted by molar-refractivity contribution is 6.31. The van der Waals surface area contributed by atoms with E-state index in [0.717, 1.165) is 11.1 Å². The van der Waals surface area contributed by atoms with Crippen LogP contribution in [-0.2, 0) is 19.7 Å². The van der Waals surface area contributed by atoms with Crippen LogP contribution in [0.5, 0.6) is 0 Å². The van der Waals surface area contributed by atoms with Crippen LogP contribution in [0.3, 0.4) is 0 Å². The molecule has 42 heavy (non-hydrogen) atoms. The number of carboxylic acid groups (broad SMARTS) is 1. The zero-order valence-corrected chi connectivity index (χ0v) is 23.8. The first-order valence-corrected chi connectivity index (χ1v) is 13.5. The van der Waals surface area contributed by atoms with Crippen molar-refractivity contribution in [1.82, 2.24) is 10.1 Å². The third-order valence-corrected chi connectivity index (χ3v) is 7.74. The second kappa shape index (κ2) is 11.6. The van der Waals surface area contributed by atoms with Crippen LogP contribution < -0.4 is 5.32 Å². The van der Waals surface area contributed by atoms with Crippen molar-refractivity contribution >= 4 is 35.4 Å². The van der Waals surface area contributed by atoms with Gasteiger partial charge >= 0.3 is 18.2 Å². The second-order valence-corrected chi connectivity index (χ2v) is 10.4. The van der Waals surface area contributed by atoms with Crippen LogP contribution in [0.15, 0.2) is 77.3 Å². The second-order valence-electron chi connectivity index (χ2n) is 10.0. The molecule has 216 valence electrons. The van der Waals surface area contributed by atoms with Gasteiger partial charge in [-0.2, -0.15) is 0 Å². The van der Waals surface area contributed by atoms with Crippen molar-refractivity contribution in [3.05, 3.63) is 94.6 Å². The van der Waals surface area contributed by atoms with Gasteiger partial charge in [-0.25, -0.2) is 9.59 Å². The van der Waals surface area contributed by atoms with Gasteiger partial charge in [0, 0.05) is 29.2 Å². The largest absolute Gasteiger partial charge is 0.480 e. The van der Waals surface area contributed by atoms with Gasteiger partial charge in [0.1, 0.15) is 22.9 Å². The topological polar surface area (TPSA) is 131 Å². The number of rotatable bonds is 7. The van der Waals surface area contributed by atoms with Gasteiger partial charge in [-0.1, -0.05) is 83.5 Å². The summed E-state index contributed by atoms with van der Waals surface area (Å²) >= 11 is 6.23. The Balaban J connectivity index is 1.29. The fraction of sp³-hybridized carbons (Fsp3) is 0.226. The normalized spacial score (nSPS) is 14.4. The quantitative estimate of drug-likeness (QED) is 0.244. The van der Waals surface area contributed by atoms with Gasteiger partial charge in [0.05, 0.1) is 7.11 Å². The number of carbonyl (C=O) groups is 3. The zero-order valence-electron chi connectivity index (χ0n) is 23.1. The fourth-order valence-corrected chi connectivity index (χ4v) is 5.26. The SMILES string of the molecule is COC(=O)N1CC(C(=O)O)(c2ccc(-c3ccc(-c4onc(C)c4NC(=O)O[C@H](C)c4ccccc4Cl)cc3)cc2)C1. The molecule has 2 amide bonds. The van der Waals surface area contributed by atoms with E-state index in [0.29, 0.717) is 38.9 Å². The van der Waals surface area contributed by atoms with Gasteiger partial charge in [0.15, 0.2) is 5.76 Å². The molecule has 0 unspecified atom stereocenters. The number of anilines is 1. The highest BCUT2D eigenvalue weighted by Gasteiger charge is 2.53. The molecule has 5 rings (SSSR count). The van der Waals surface area contributed by atoms with Crippen molar-refractivity contribution in [2.45, 2.75) is 25.4 Å². The van der Waals surface area contributed by atoms with E-state index < -0.39 is 29.7 Å². The molecule has 3 aromatic carbocycles. The van der Waals surface area contributed by atoms with E-state index in [-0.39, 0.29) is 13.1 Å². The Morgan fingerprint density at radius 1 is 1.00 bits per heavy atom. The first kappa shape index (κ1) is 28.7. The third kappa shape index (κ3) is 5.40. The zero-order chi connectivity index (χ0) is 30.0. The van der Waals surface area contributed by atoms with Gasteiger partial charge in [-0.3, -0.25) is 10.1 Å².